The van der Waals surface area contributed by atoms with E-state index in [1.807, 2.05) is 11.8 Å². The number of rotatable bonds is 12. The minimum Gasteiger partial charge on any atom is -0.455 e. The van der Waals surface area contributed by atoms with Gasteiger partial charge in [-0.3, -0.25) is 0 Å². The number of fused-ring (bicyclic) bond motifs is 11. The molecule has 7 heteroatoms. The second kappa shape index (κ2) is 21.3. The lowest BCUT2D eigenvalue weighted by atomic mass is 9.67. The van der Waals surface area contributed by atoms with E-state index in [4.69, 9.17) is 8.83 Å². The zero-order valence-corrected chi connectivity index (χ0v) is 55.5. The van der Waals surface area contributed by atoms with Gasteiger partial charge in [0.25, 0.3) is 0 Å². The van der Waals surface area contributed by atoms with Crippen LogP contribution in [-0.2, 0) is 16.2 Å². The monoisotopic (exact) mass is 1200 g/mol. The molecule has 1 aliphatic rings. The quantitative estimate of drug-likeness (QED) is 0.114. The third-order valence-electron chi connectivity index (χ3n) is 18.2. The molecule has 0 saturated carbocycles. The molecule has 2 aromatic heterocycles. The molecule has 1 unspecified atom stereocenters. The fraction of sp³-hybridized carbons (Fsp3) is 0.185. The average Bonchev–Trinajstić information content (AvgIpc) is 1.50. The van der Waals surface area contributed by atoms with E-state index in [-0.39, 0.29) is 10.8 Å². The molecule has 436 valence electrons. The summed E-state index contributed by atoms with van der Waals surface area (Å²) < 4.78 is 15.1. The molecule has 0 fully saturated rings. The summed E-state index contributed by atoms with van der Waals surface area (Å²) in [5.41, 5.74) is 18.0. The summed E-state index contributed by atoms with van der Waals surface area (Å²) in [5, 5.41) is 7.04. The molecule has 0 saturated heterocycles. The van der Waals surface area contributed by atoms with Gasteiger partial charge < -0.3 is 18.6 Å². The van der Waals surface area contributed by atoms with E-state index in [2.05, 4.69) is 333 Å². The number of nitrogens with zero attached hydrogens (tertiary/aromatic N) is 2. The van der Waals surface area contributed by atoms with E-state index in [9.17, 15) is 0 Å². The van der Waals surface area contributed by atoms with Gasteiger partial charge in [0.15, 0.2) is 5.58 Å². The Hall–Kier alpha value is -8.60. The Morgan fingerprint density at radius 1 is 0.364 bits per heavy atom. The van der Waals surface area contributed by atoms with Crippen molar-refractivity contribution in [1.82, 2.24) is 0 Å². The lowest BCUT2D eigenvalue weighted by Crippen LogP contribution is -2.37. The van der Waals surface area contributed by atoms with Crippen LogP contribution in [0.3, 0.4) is 0 Å². The van der Waals surface area contributed by atoms with E-state index < -0.39 is 21.6 Å². The van der Waals surface area contributed by atoms with Gasteiger partial charge in [0.2, 0.25) is 0 Å². The van der Waals surface area contributed by atoms with Crippen molar-refractivity contribution < 1.29 is 8.83 Å². The molecule has 2 heterocycles. The van der Waals surface area contributed by atoms with Gasteiger partial charge in [0.1, 0.15) is 16.7 Å². The van der Waals surface area contributed by atoms with Crippen LogP contribution in [0, 0.1) is 0 Å². The first kappa shape index (κ1) is 57.2. The Bertz CT molecular complexity index is 4750. The normalized spacial score (nSPS) is 14.5. The maximum Gasteiger partial charge on any atom is 0.160 e. The zero-order valence-electron chi connectivity index (χ0n) is 52.7. The molecule has 0 radical (unpaired) electrons. The second-order valence-electron chi connectivity index (χ2n) is 28.2. The van der Waals surface area contributed by atoms with Gasteiger partial charge >= 0.3 is 0 Å². The first-order valence-electron chi connectivity index (χ1n) is 31.1. The summed E-state index contributed by atoms with van der Waals surface area (Å²) in [5.74, 6) is 0. The van der Waals surface area contributed by atoms with Crippen LogP contribution in [-0.4, -0.2) is 16.1 Å². The van der Waals surface area contributed by atoms with Gasteiger partial charge in [0, 0.05) is 59.8 Å². The Balaban J connectivity index is 1.16. The van der Waals surface area contributed by atoms with E-state index in [0.717, 1.165) is 111 Å². The minimum absolute atomic E-state index is 0.0624. The third-order valence-corrected chi connectivity index (χ3v) is 23.4. The van der Waals surface area contributed by atoms with Gasteiger partial charge in [-0.25, -0.2) is 0 Å². The summed E-state index contributed by atoms with van der Waals surface area (Å²) in [6.07, 6.45) is 0. The highest BCUT2D eigenvalue weighted by Gasteiger charge is 2.51. The first-order chi connectivity index (χ1) is 42.2. The highest BCUT2D eigenvalue weighted by Crippen LogP contribution is 2.65. The summed E-state index contributed by atoms with van der Waals surface area (Å²) in [6, 6.07) is 91.1. The van der Waals surface area contributed by atoms with Crippen molar-refractivity contribution in [2.24, 2.45) is 0 Å². The van der Waals surface area contributed by atoms with Crippen molar-refractivity contribution in [3.05, 3.63) is 276 Å². The van der Waals surface area contributed by atoms with Gasteiger partial charge in [-0.1, -0.05) is 249 Å². The van der Waals surface area contributed by atoms with Crippen LogP contribution in [0.25, 0.3) is 55.0 Å². The van der Waals surface area contributed by atoms with E-state index in [1.165, 1.54) is 31.3 Å². The SMILES string of the molecule is CC(C)(C)c1ccc(Sc2ccc(C3(c4ccc(C(C)(C)C)cc4)c4cc(N(c5ccccc5)c5ccc([Si](C)(C)C)cc5)c5c(oc6ccccc65)c4-c4c3cc(N(c3ccccc3)c3ccc([Si](C)(C)C)cc3)c3oc5ccccc5c43)cc2)cc1. The lowest BCUT2D eigenvalue weighted by Gasteiger charge is -2.36. The third kappa shape index (κ3) is 9.74. The van der Waals surface area contributed by atoms with Crippen LogP contribution >= 0.6 is 11.8 Å². The second-order valence-corrected chi connectivity index (χ2v) is 39.5. The van der Waals surface area contributed by atoms with Crippen molar-refractivity contribution >= 4 is 116 Å². The van der Waals surface area contributed by atoms with Crippen LogP contribution in [0.5, 0.6) is 0 Å². The summed E-state index contributed by atoms with van der Waals surface area (Å²) in [6.45, 7) is 28.3. The predicted molar refractivity (Wildman–Crippen MR) is 382 cm³/mol. The number of hydrogen-bond donors (Lipinski definition) is 0. The van der Waals surface area contributed by atoms with Crippen molar-refractivity contribution in [2.45, 2.75) is 107 Å². The van der Waals surface area contributed by atoms with Crippen molar-refractivity contribution in [3.8, 4) is 11.1 Å². The van der Waals surface area contributed by atoms with Gasteiger partial charge in [0.05, 0.1) is 38.3 Å². The maximum absolute atomic E-state index is 7.65. The van der Waals surface area contributed by atoms with E-state index in [1.54, 1.807) is 0 Å². The molecular weight excluding hydrogens is 1120 g/mol. The average molecular weight is 1200 g/mol. The highest BCUT2D eigenvalue weighted by molar-refractivity contribution is 7.99. The Labute approximate surface area is 525 Å². The van der Waals surface area contributed by atoms with Gasteiger partial charge in [-0.2, -0.15) is 0 Å². The number of hydrogen-bond acceptors (Lipinski definition) is 5. The molecule has 88 heavy (non-hydrogen) atoms. The molecule has 11 aromatic carbocycles. The first-order valence-corrected chi connectivity index (χ1v) is 38.9. The number of benzene rings is 11. The van der Waals surface area contributed by atoms with Crippen LogP contribution in [0.4, 0.5) is 34.1 Å². The molecule has 0 amide bonds. The topological polar surface area (TPSA) is 32.8 Å². The van der Waals surface area contributed by atoms with Crippen LogP contribution in [0.1, 0.15) is 74.9 Å². The fourth-order valence-corrected chi connectivity index (χ4v) is 16.7. The summed E-state index contributed by atoms with van der Waals surface area (Å²) in [7, 11) is -3.33. The van der Waals surface area contributed by atoms with Gasteiger partial charge in [-0.15, -0.1) is 0 Å². The Kier molecular flexibility index (Phi) is 13.9. The molecule has 1 atom stereocenters. The fourth-order valence-electron chi connectivity index (χ4n) is 13.5. The molecular formula is C81H76N2O2SSi2. The number of para-hydroxylation sites is 4. The molecule has 0 aliphatic heterocycles. The Morgan fingerprint density at radius 2 is 0.739 bits per heavy atom. The Morgan fingerprint density at radius 3 is 1.22 bits per heavy atom. The molecule has 0 bridgehead atoms. The lowest BCUT2D eigenvalue weighted by molar-refractivity contribution is 0.589. The molecule has 13 aromatic rings. The molecule has 0 N–H and O–H groups in total. The van der Waals surface area contributed by atoms with Crippen LogP contribution in [0.15, 0.2) is 261 Å². The van der Waals surface area contributed by atoms with E-state index >= 15 is 0 Å². The van der Waals surface area contributed by atoms with Crippen LogP contribution < -0.4 is 20.2 Å². The minimum atomic E-state index is -1.66. The van der Waals surface area contributed by atoms with E-state index in [0.29, 0.717) is 0 Å². The summed E-state index contributed by atoms with van der Waals surface area (Å²) >= 11 is 1.81. The van der Waals surface area contributed by atoms with Crippen molar-refractivity contribution in [2.75, 3.05) is 9.80 Å². The standard InChI is InChI=1S/C81H76N2O2SSi2/c1-79(2,3)53-31-33-55(34-32-53)81(56-37-45-62(46-38-56)86-61-43-35-54(36-44-61)80(4,5)6)67-52-70(83(58-25-17-14-18-26-58)60-41-49-64(50-42-60)88(10,11)12)77-74(66-28-20-22-30-72(66)84-77)75(67)76-68(81)51-69(73-65-27-19-21-29-71(65)85-78(73)76)82(57-23-15-13-16-24-57)59-39-47-63(48-40-59)87(7,8)9/h13-52H,1-12H3. The molecule has 4 nitrogen and oxygen atoms in total. The van der Waals surface area contributed by atoms with Gasteiger partial charge in [-0.05, 0) is 141 Å². The maximum atomic E-state index is 7.65. The van der Waals surface area contributed by atoms with Crippen molar-refractivity contribution in [1.29, 1.82) is 0 Å². The molecule has 14 rings (SSSR count). The molecule has 0 spiro atoms. The largest absolute Gasteiger partial charge is 0.455 e. The smallest absolute Gasteiger partial charge is 0.160 e. The number of furan rings is 2. The highest BCUT2D eigenvalue weighted by atomic mass is 32.2. The number of anilines is 6. The summed E-state index contributed by atoms with van der Waals surface area (Å²) in [4.78, 5) is 7.29. The zero-order chi connectivity index (χ0) is 61.1. The van der Waals surface area contributed by atoms with Crippen molar-refractivity contribution in [3.63, 3.8) is 0 Å². The van der Waals surface area contributed by atoms with Crippen LogP contribution in [0.2, 0.25) is 39.3 Å². The predicted octanol–water partition coefficient (Wildman–Crippen LogP) is 22.6. The molecule has 1 aliphatic carbocycles.